The van der Waals surface area contributed by atoms with E-state index in [1.807, 2.05) is 24.3 Å². The van der Waals surface area contributed by atoms with Crippen LogP contribution in [0.15, 0.2) is 24.3 Å². The van der Waals surface area contributed by atoms with Gasteiger partial charge in [-0.15, -0.1) is 0 Å². The Balaban J connectivity index is 2.42. The summed E-state index contributed by atoms with van der Waals surface area (Å²) in [6.07, 6.45) is 4.27. The van der Waals surface area contributed by atoms with E-state index in [1.54, 1.807) is 0 Å². The first-order valence-electron chi connectivity index (χ1n) is 5.04. The molecule has 0 aliphatic heterocycles. The maximum Gasteiger partial charge on any atom is 0.0823 e. The van der Waals surface area contributed by atoms with Gasteiger partial charge in [0.15, 0.2) is 0 Å². The molecule has 0 spiro atoms. The third-order valence-electron chi connectivity index (χ3n) is 3.11. The van der Waals surface area contributed by atoms with E-state index in [9.17, 15) is 5.26 Å². The number of nitrogen functional groups attached to an aromatic ring is 1. The van der Waals surface area contributed by atoms with Crippen molar-refractivity contribution in [2.45, 2.75) is 31.1 Å². The number of nitrogens with zero attached hydrogens (tertiary/aromatic N) is 1. The number of nitrogens with two attached hydrogens (primary N) is 1. The van der Waals surface area contributed by atoms with Gasteiger partial charge < -0.3 is 5.73 Å². The standard InChI is InChI=1S/C12H14N2/c13-9-12(6-1-2-7-12)10-4-3-5-11(14)8-10/h3-5,8H,1-2,6-7,14H2. The van der Waals surface area contributed by atoms with Gasteiger partial charge in [0.1, 0.15) is 0 Å². The molecule has 0 amide bonds. The first kappa shape index (κ1) is 9.08. The van der Waals surface area contributed by atoms with Gasteiger partial charge in [0.25, 0.3) is 0 Å². The molecule has 2 heteroatoms. The molecule has 2 rings (SSSR count). The molecule has 1 fully saturated rings. The number of nitriles is 1. The van der Waals surface area contributed by atoms with E-state index < -0.39 is 0 Å². The number of rotatable bonds is 1. The van der Waals surface area contributed by atoms with Crippen molar-refractivity contribution in [3.05, 3.63) is 29.8 Å². The Morgan fingerprint density at radius 2 is 2.00 bits per heavy atom. The van der Waals surface area contributed by atoms with Crippen molar-refractivity contribution >= 4 is 5.69 Å². The van der Waals surface area contributed by atoms with Crippen LogP contribution in [0, 0.1) is 11.3 Å². The maximum absolute atomic E-state index is 9.27. The third-order valence-corrected chi connectivity index (χ3v) is 3.11. The first-order chi connectivity index (χ1) is 6.77. The molecule has 0 radical (unpaired) electrons. The lowest BCUT2D eigenvalue weighted by Gasteiger charge is -2.20. The lowest BCUT2D eigenvalue weighted by Crippen LogP contribution is -2.19. The second kappa shape index (κ2) is 3.34. The minimum atomic E-state index is -0.255. The average molecular weight is 186 g/mol. The van der Waals surface area contributed by atoms with Crippen molar-refractivity contribution in [2.24, 2.45) is 0 Å². The molecule has 0 atom stereocenters. The molecule has 14 heavy (non-hydrogen) atoms. The van der Waals surface area contributed by atoms with E-state index >= 15 is 0 Å². The number of hydrogen-bond acceptors (Lipinski definition) is 2. The Labute approximate surface area is 84.3 Å². The summed E-state index contributed by atoms with van der Waals surface area (Å²) in [5.41, 5.74) is 7.32. The maximum atomic E-state index is 9.27. The van der Waals surface area contributed by atoms with Gasteiger partial charge in [-0.2, -0.15) is 5.26 Å². The Kier molecular flexibility index (Phi) is 2.17. The van der Waals surface area contributed by atoms with Crippen molar-refractivity contribution in [3.8, 4) is 6.07 Å². The minimum Gasteiger partial charge on any atom is -0.399 e. The van der Waals surface area contributed by atoms with Gasteiger partial charge in [-0.3, -0.25) is 0 Å². The predicted octanol–water partition coefficient (Wildman–Crippen LogP) is 2.60. The lowest BCUT2D eigenvalue weighted by molar-refractivity contribution is 0.573. The molecule has 1 saturated carbocycles. The van der Waals surface area contributed by atoms with Crippen LogP contribution in [0.25, 0.3) is 0 Å². The smallest absolute Gasteiger partial charge is 0.0823 e. The number of benzene rings is 1. The highest BCUT2D eigenvalue weighted by Crippen LogP contribution is 2.40. The van der Waals surface area contributed by atoms with Crippen molar-refractivity contribution in [2.75, 3.05) is 5.73 Å². The molecule has 1 aromatic rings. The first-order valence-corrected chi connectivity index (χ1v) is 5.04. The van der Waals surface area contributed by atoms with E-state index in [4.69, 9.17) is 5.73 Å². The molecule has 0 heterocycles. The fraction of sp³-hybridized carbons (Fsp3) is 0.417. The second-order valence-electron chi connectivity index (χ2n) is 4.03. The van der Waals surface area contributed by atoms with Crippen LogP contribution >= 0.6 is 0 Å². The van der Waals surface area contributed by atoms with Gasteiger partial charge in [0.05, 0.1) is 11.5 Å². The van der Waals surface area contributed by atoms with Gasteiger partial charge in [-0.05, 0) is 30.5 Å². The van der Waals surface area contributed by atoms with Crippen LogP contribution in [0.1, 0.15) is 31.2 Å². The quantitative estimate of drug-likeness (QED) is 0.685. The van der Waals surface area contributed by atoms with Crippen LogP contribution in [0.3, 0.4) is 0 Å². The molecule has 72 valence electrons. The third kappa shape index (κ3) is 1.35. The largest absolute Gasteiger partial charge is 0.399 e. The fourth-order valence-corrected chi connectivity index (χ4v) is 2.28. The van der Waals surface area contributed by atoms with E-state index in [0.29, 0.717) is 0 Å². The van der Waals surface area contributed by atoms with Crippen molar-refractivity contribution in [1.29, 1.82) is 5.26 Å². The Bertz CT molecular complexity index is 370. The molecule has 2 N–H and O–H groups in total. The normalized spacial score (nSPS) is 19.1. The molecule has 0 saturated heterocycles. The minimum absolute atomic E-state index is 0.255. The Morgan fingerprint density at radius 1 is 1.29 bits per heavy atom. The summed E-state index contributed by atoms with van der Waals surface area (Å²) in [6.45, 7) is 0. The zero-order chi connectivity index (χ0) is 10.0. The van der Waals surface area contributed by atoms with Gasteiger partial charge in [-0.25, -0.2) is 0 Å². The summed E-state index contributed by atoms with van der Waals surface area (Å²) in [5, 5.41) is 9.27. The molecule has 0 aromatic heterocycles. The Hall–Kier alpha value is -1.49. The van der Waals surface area contributed by atoms with E-state index in [2.05, 4.69) is 6.07 Å². The SMILES string of the molecule is N#CC1(c2cccc(N)c2)CCCC1. The van der Waals surface area contributed by atoms with Gasteiger partial charge in [0, 0.05) is 5.69 Å². The fourth-order valence-electron chi connectivity index (χ4n) is 2.28. The summed E-state index contributed by atoms with van der Waals surface area (Å²) >= 11 is 0. The molecular weight excluding hydrogens is 172 g/mol. The zero-order valence-corrected chi connectivity index (χ0v) is 8.16. The van der Waals surface area contributed by atoms with E-state index in [1.165, 1.54) is 0 Å². The Morgan fingerprint density at radius 3 is 2.57 bits per heavy atom. The molecule has 2 nitrogen and oxygen atoms in total. The van der Waals surface area contributed by atoms with Crippen LogP contribution in [0.4, 0.5) is 5.69 Å². The van der Waals surface area contributed by atoms with Gasteiger partial charge in [-0.1, -0.05) is 25.0 Å². The van der Waals surface area contributed by atoms with Crippen molar-refractivity contribution in [3.63, 3.8) is 0 Å². The number of hydrogen-bond donors (Lipinski definition) is 1. The zero-order valence-electron chi connectivity index (χ0n) is 8.16. The summed E-state index contributed by atoms with van der Waals surface area (Å²) in [4.78, 5) is 0. The molecule has 0 unspecified atom stereocenters. The van der Waals surface area contributed by atoms with Crippen LogP contribution < -0.4 is 5.73 Å². The summed E-state index contributed by atoms with van der Waals surface area (Å²) < 4.78 is 0. The summed E-state index contributed by atoms with van der Waals surface area (Å²) in [6, 6.07) is 10.2. The van der Waals surface area contributed by atoms with E-state index in [0.717, 1.165) is 36.9 Å². The van der Waals surface area contributed by atoms with Crippen LogP contribution in [0.5, 0.6) is 0 Å². The number of anilines is 1. The predicted molar refractivity (Wildman–Crippen MR) is 56.6 cm³/mol. The van der Waals surface area contributed by atoms with Crippen LogP contribution in [-0.2, 0) is 5.41 Å². The van der Waals surface area contributed by atoms with Crippen molar-refractivity contribution in [1.82, 2.24) is 0 Å². The molecule has 0 bridgehead atoms. The highest BCUT2D eigenvalue weighted by atomic mass is 14.5. The van der Waals surface area contributed by atoms with Gasteiger partial charge >= 0.3 is 0 Å². The monoisotopic (exact) mass is 186 g/mol. The molecular formula is C12H14N2. The van der Waals surface area contributed by atoms with Crippen LogP contribution in [0.2, 0.25) is 0 Å². The summed E-state index contributed by atoms with van der Waals surface area (Å²) in [7, 11) is 0. The summed E-state index contributed by atoms with van der Waals surface area (Å²) in [5.74, 6) is 0. The lowest BCUT2D eigenvalue weighted by atomic mass is 9.80. The van der Waals surface area contributed by atoms with Crippen molar-refractivity contribution < 1.29 is 0 Å². The average Bonchev–Trinajstić information content (AvgIpc) is 2.67. The van der Waals surface area contributed by atoms with E-state index in [-0.39, 0.29) is 5.41 Å². The van der Waals surface area contributed by atoms with Gasteiger partial charge in [0.2, 0.25) is 0 Å². The second-order valence-corrected chi connectivity index (χ2v) is 4.03. The molecule has 1 aliphatic carbocycles. The topological polar surface area (TPSA) is 49.8 Å². The molecule has 1 aliphatic rings. The highest BCUT2D eigenvalue weighted by Gasteiger charge is 2.35. The molecule has 1 aromatic carbocycles. The highest BCUT2D eigenvalue weighted by molar-refractivity contribution is 5.46. The van der Waals surface area contributed by atoms with Crippen LogP contribution in [-0.4, -0.2) is 0 Å².